The van der Waals surface area contributed by atoms with Crippen LogP contribution in [-0.4, -0.2) is 35.0 Å². The first-order chi connectivity index (χ1) is 9.93. The maximum atomic E-state index is 11.8. The highest BCUT2D eigenvalue weighted by Gasteiger charge is 2.11. The van der Waals surface area contributed by atoms with Gasteiger partial charge in [0.05, 0.1) is 11.5 Å². The highest BCUT2D eigenvalue weighted by molar-refractivity contribution is 6.00. The first-order valence-corrected chi connectivity index (χ1v) is 6.07. The van der Waals surface area contributed by atoms with Gasteiger partial charge in [0.15, 0.2) is 0 Å². The van der Waals surface area contributed by atoms with Gasteiger partial charge in [-0.05, 0) is 23.8 Å². The van der Waals surface area contributed by atoms with Crippen molar-refractivity contribution in [1.29, 1.82) is 0 Å². The standard InChI is InChI=1S/C13H15N3O5/c1-9(18)15-12(13(19)14-6-7-17)8-10-2-4-11(5-3-10)16(20)21/h2-5,8,17H,6-7H2,1H3,(H,14,19)(H,15,18). The minimum absolute atomic E-state index is 0.00944. The summed E-state index contributed by atoms with van der Waals surface area (Å²) in [4.78, 5) is 32.9. The van der Waals surface area contributed by atoms with E-state index in [0.29, 0.717) is 5.56 Å². The Bertz CT molecular complexity index is 566. The molecular formula is C13H15N3O5. The van der Waals surface area contributed by atoms with E-state index in [2.05, 4.69) is 10.6 Å². The van der Waals surface area contributed by atoms with Crippen molar-refractivity contribution in [3.63, 3.8) is 0 Å². The van der Waals surface area contributed by atoms with Gasteiger partial charge in [-0.15, -0.1) is 0 Å². The third kappa shape index (κ3) is 5.41. The van der Waals surface area contributed by atoms with E-state index in [1.165, 1.54) is 37.3 Å². The maximum Gasteiger partial charge on any atom is 0.269 e. The largest absolute Gasteiger partial charge is 0.395 e. The smallest absolute Gasteiger partial charge is 0.269 e. The molecule has 3 N–H and O–H groups in total. The minimum Gasteiger partial charge on any atom is -0.395 e. The third-order valence-electron chi connectivity index (χ3n) is 2.37. The first-order valence-electron chi connectivity index (χ1n) is 6.07. The Morgan fingerprint density at radius 1 is 1.33 bits per heavy atom. The molecule has 0 spiro atoms. The Labute approximate surface area is 120 Å². The Morgan fingerprint density at radius 3 is 2.43 bits per heavy atom. The minimum atomic E-state index is -0.558. The number of non-ortho nitro benzene ring substituents is 1. The molecule has 2 amide bonds. The van der Waals surface area contributed by atoms with Crippen LogP contribution in [0.25, 0.3) is 6.08 Å². The van der Waals surface area contributed by atoms with E-state index in [9.17, 15) is 19.7 Å². The number of carbonyl (C=O) groups is 2. The Morgan fingerprint density at radius 2 is 1.95 bits per heavy atom. The Hall–Kier alpha value is -2.74. The zero-order valence-electron chi connectivity index (χ0n) is 11.3. The van der Waals surface area contributed by atoms with Crippen molar-refractivity contribution in [3.05, 3.63) is 45.6 Å². The summed E-state index contributed by atoms with van der Waals surface area (Å²) in [5.74, 6) is -0.986. The lowest BCUT2D eigenvalue weighted by molar-refractivity contribution is -0.384. The number of aliphatic hydroxyl groups is 1. The average molecular weight is 293 g/mol. The summed E-state index contributed by atoms with van der Waals surface area (Å²) in [6, 6.07) is 5.50. The summed E-state index contributed by atoms with van der Waals surface area (Å²) in [5.41, 5.74) is 0.436. The van der Waals surface area contributed by atoms with E-state index >= 15 is 0 Å². The van der Waals surface area contributed by atoms with Gasteiger partial charge in [-0.1, -0.05) is 0 Å². The molecule has 1 aromatic rings. The van der Waals surface area contributed by atoms with Crippen LogP contribution in [-0.2, 0) is 9.59 Å². The van der Waals surface area contributed by atoms with Crippen molar-refractivity contribution in [2.24, 2.45) is 0 Å². The summed E-state index contributed by atoms with van der Waals surface area (Å²) in [6.07, 6.45) is 1.39. The highest BCUT2D eigenvalue weighted by atomic mass is 16.6. The number of aliphatic hydroxyl groups excluding tert-OH is 1. The molecule has 0 saturated carbocycles. The van der Waals surface area contributed by atoms with E-state index in [4.69, 9.17) is 5.11 Å². The van der Waals surface area contributed by atoms with Crippen LogP contribution in [0.5, 0.6) is 0 Å². The van der Waals surface area contributed by atoms with Gasteiger partial charge in [0.25, 0.3) is 11.6 Å². The summed E-state index contributed by atoms with van der Waals surface area (Å²) >= 11 is 0. The number of hydrogen-bond acceptors (Lipinski definition) is 5. The lowest BCUT2D eigenvalue weighted by Crippen LogP contribution is -2.35. The summed E-state index contributed by atoms with van der Waals surface area (Å²) in [5, 5.41) is 24.0. The van der Waals surface area contributed by atoms with Gasteiger partial charge in [-0.3, -0.25) is 19.7 Å². The van der Waals surface area contributed by atoms with Crippen molar-refractivity contribution >= 4 is 23.6 Å². The van der Waals surface area contributed by atoms with Crippen molar-refractivity contribution in [1.82, 2.24) is 10.6 Å². The molecule has 1 aromatic carbocycles. The second-order valence-electron chi connectivity index (χ2n) is 4.07. The molecule has 8 nitrogen and oxygen atoms in total. The fourth-order valence-electron chi connectivity index (χ4n) is 1.47. The van der Waals surface area contributed by atoms with Gasteiger partial charge in [0.1, 0.15) is 5.70 Å². The second-order valence-corrected chi connectivity index (χ2v) is 4.07. The van der Waals surface area contributed by atoms with Crippen molar-refractivity contribution in [2.45, 2.75) is 6.92 Å². The van der Waals surface area contributed by atoms with Crippen LogP contribution in [0.1, 0.15) is 12.5 Å². The molecule has 1 rings (SSSR count). The van der Waals surface area contributed by atoms with Gasteiger partial charge in [-0.25, -0.2) is 0 Å². The van der Waals surface area contributed by atoms with Crippen LogP contribution in [0.4, 0.5) is 5.69 Å². The van der Waals surface area contributed by atoms with Gasteiger partial charge < -0.3 is 15.7 Å². The second kappa shape index (κ2) is 7.75. The Kier molecular flexibility index (Phi) is 6.02. The average Bonchev–Trinajstić information content (AvgIpc) is 2.44. The molecule has 0 heterocycles. The SMILES string of the molecule is CC(=O)NC(=Cc1ccc([N+](=O)[O-])cc1)C(=O)NCCO. The van der Waals surface area contributed by atoms with Gasteiger partial charge in [0, 0.05) is 25.6 Å². The molecule has 0 bridgehead atoms. The topological polar surface area (TPSA) is 122 Å². The van der Waals surface area contributed by atoms with Crippen molar-refractivity contribution in [2.75, 3.05) is 13.2 Å². The highest BCUT2D eigenvalue weighted by Crippen LogP contribution is 2.13. The van der Waals surface area contributed by atoms with E-state index in [-0.39, 0.29) is 24.5 Å². The molecule has 0 unspecified atom stereocenters. The fraction of sp³-hybridized carbons (Fsp3) is 0.231. The fourth-order valence-corrected chi connectivity index (χ4v) is 1.47. The quantitative estimate of drug-likeness (QED) is 0.392. The van der Waals surface area contributed by atoms with Crippen LogP contribution in [0.15, 0.2) is 30.0 Å². The van der Waals surface area contributed by atoms with Crippen LogP contribution in [0.2, 0.25) is 0 Å². The van der Waals surface area contributed by atoms with E-state index in [0.717, 1.165) is 0 Å². The predicted molar refractivity (Wildman–Crippen MR) is 75.0 cm³/mol. The zero-order chi connectivity index (χ0) is 15.8. The predicted octanol–water partition coefficient (Wildman–Crippen LogP) is 0.180. The number of nitro groups is 1. The van der Waals surface area contributed by atoms with Gasteiger partial charge in [-0.2, -0.15) is 0 Å². The molecular weight excluding hydrogens is 278 g/mol. The molecule has 21 heavy (non-hydrogen) atoms. The lowest BCUT2D eigenvalue weighted by Gasteiger charge is -2.08. The number of rotatable bonds is 6. The lowest BCUT2D eigenvalue weighted by atomic mass is 10.1. The normalized spacial score (nSPS) is 10.9. The molecule has 0 aliphatic carbocycles. The van der Waals surface area contributed by atoms with E-state index in [1.54, 1.807) is 0 Å². The monoisotopic (exact) mass is 293 g/mol. The number of amides is 2. The molecule has 0 aliphatic heterocycles. The molecule has 8 heteroatoms. The molecule has 0 aromatic heterocycles. The van der Waals surface area contributed by atoms with Crippen LogP contribution >= 0.6 is 0 Å². The van der Waals surface area contributed by atoms with E-state index in [1.807, 2.05) is 0 Å². The third-order valence-corrected chi connectivity index (χ3v) is 2.37. The molecule has 112 valence electrons. The number of benzene rings is 1. The first kappa shape index (κ1) is 16.3. The molecule has 0 aliphatic rings. The number of nitrogens with zero attached hydrogens (tertiary/aromatic N) is 1. The summed E-state index contributed by atoms with van der Waals surface area (Å²) in [7, 11) is 0. The van der Waals surface area contributed by atoms with Crippen LogP contribution in [0.3, 0.4) is 0 Å². The van der Waals surface area contributed by atoms with Gasteiger partial charge >= 0.3 is 0 Å². The molecule has 0 saturated heterocycles. The van der Waals surface area contributed by atoms with E-state index < -0.39 is 16.7 Å². The van der Waals surface area contributed by atoms with Crippen LogP contribution < -0.4 is 10.6 Å². The van der Waals surface area contributed by atoms with Crippen LogP contribution in [0, 0.1) is 10.1 Å². The summed E-state index contributed by atoms with van der Waals surface area (Å²) < 4.78 is 0. The molecule has 0 radical (unpaired) electrons. The molecule has 0 atom stereocenters. The van der Waals surface area contributed by atoms with Crippen molar-refractivity contribution in [3.8, 4) is 0 Å². The Balaban J connectivity index is 2.98. The number of nitro benzene ring substituents is 1. The maximum absolute atomic E-state index is 11.8. The van der Waals surface area contributed by atoms with Gasteiger partial charge in [0.2, 0.25) is 5.91 Å². The summed E-state index contributed by atoms with van der Waals surface area (Å²) in [6.45, 7) is 1.08. The number of carbonyl (C=O) groups excluding carboxylic acids is 2. The zero-order valence-corrected chi connectivity index (χ0v) is 11.3. The number of nitrogens with one attached hydrogen (secondary N) is 2. The number of hydrogen-bond donors (Lipinski definition) is 3. The van der Waals surface area contributed by atoms with Crippen molar-refractivity contribution < 1.29 is 19.6 Å². The molecule has 0 fully saturated rings.